The van der Waals surface area contributed by atoms with Gasteiger partial charge in [0.05, 0.1) is 19.1 Å². The van der Waals surface area contributed by atoms with Gasteiger partial charge in [0.1, 0.15) is 11.6 Å². The zero-order chi connectivity index (χ0) is 21.6. The normalized spacial score (nSPS) is 12.2. The molecule has 0 heterocycles. The van der Waals surface area contributed by atoms with Gasteiger partial charge in [0.2, 0.25) is 5.91 Å². The van der Waals surface area contributed by atoms with E-state index in [-0.39, 0.29) is 24.5 Å². The number of aliphatic carboxylic acids is 1. The summed E-state index contributed by atoms with van der Waals surface area (Å²) in [6.45, 7) is 1.00. The maximum atomic E-state index is 13.4. The van der Waals surface area contributed by atoms with E-state index in [9.17, 15) is 18.4 Å². The second-order valence-electron chi connectivity index (χ2n) is 7.43. The highest BCUT2D eigenvalue weighted by Crippen LogP contribution is 2.12. The first-order chi connectivity index (χ1) is 13.8. The first-order valence-corrected chi connectivity index (χ1v) is 9.95. The number of carboxylic acid groups (broad SMARTS) is 1. The summed E-state index contributed by atoms with van der Waals surface area (Å²) < 4.78 is 31.9. The Hall–Kier alpha value is -2.06. The van der Waals surface area contributed by atoms with Crippen molar-refractivity contribution in [1.29, 1.82) is 0 Å². The molecule has 0 aromatic heterocycles. The van der Waals surface area contributed by atoms with Crippen molar-refractivity contribution >= 4 is 11.9 Å². The highest BCUT2D eigenvalue weighted by atomic mass is 19.1. The minimum atomic E-state index is -0.931. The quantitative estimate of drug-likeness (QED) is 0.431. The number of halogens is 2. The van der Waals surface area contributed by atoms with Crippen LogP contribution in [-0.4, -0.2) is 55.2 Å². The number of nitrogens with one attached hydrogen (secondary N) is 1. The predicted molar refractivity (Wildman–Crippen MR) is 106 cm³/mol. The Morgan fingerprint density at radius 3 is 2.52 bits per heavy atom. The second kappa shape index (κ2) is 14.0. The summed E-state index contributed by atoms with van der Waals surface area (Å²) in [6, 6.07) is 2.91. The van der Waals surface area contributed by atoms with Crippen molar-refractivity contribution in [3.05, 3.63) is 35.4 Å². The molecule has 29 heavy (non-hydrogen) atoms. The molecule has 0 saturated heterocycles. The number of ether oxygens (including phenoxy) is 1. The molecule has 1 atom stereocenters. The van der Waals surface area contributed by atoms with Gasteiger partial charge in [-0.3, -0.25) is 9.59 Å². The standard InChI is InChI=1S/C21H32F2N2O4/c1-25(2)14-18(13-21(27)28)24-20(26)8-6-4-3-5-7-11-29-15-16-12-17(22)9-10-19(16)23/h9-10,12,18H,3-8,11,13-15H2,1-2H3,(H,24,26)(H,27,28). The third kappa shape index (κ3) is 12.2. The summed E-state index contributed by atoms with van der Waals surface area (Å²) in [7, 11) is 3.67. The van der Waals surface area contributed by atoms with E-state index in [4.69, 9.17) is 9.84 Å². The van der Waals surface area contributed by atoms with Crippen molar-refractivity contribution < 1.29 is 28.2 Å². The molecule has 0 fully saturated rings. The van der Waals surface area contributed by atoms with Crippen molar-refractivity contribution in [3.8, 4) is 0 Å². The topological polar surface area (TPSA) is 78.9 Å². The summed E-state index contributed by atoms with van der Waals surface area (Å²) in [6.07, 6.45) is 4.60. The van der Waals surface area contributed by atoms with Crippen LogP contribution in [0.1, 0.15) is 50.5 Å². The molecule has 8 heteroatoms. The molecule has 0 aliphatic carbocycles. The molecule has 6 nitrogen and oxygen atoms in total. The zero-order valence-electron chi connectivity index (χ0n) is 17.3. The Labute approximate surface area is 171 Å². The van der Waals surface area contributed by atoms with E-state index in [1.807, 2.05) is 19.0 Å². The van der Waals surface area contributed by atoms with Gasteiger partial charge in [-0.2, -0.15) is 0 Å². The van der Waals surface area contributed by atoms with E-state index in [2.05, 4.69) is 5.32 Å². The first-order valence-electron chi connectivity index (χ1n) is 9.95. The number of carbonyl (C=O) groups excluding carboxylic acids is 1. The molecule has 0 aliphatic heterocycles. The third-order valence-electron chi connectivity index (χ3n) is 4.33. The lowest BCUT2D eigenvalue weighted by Crippen LogP contribution is -2.42. The highest BCUT2D eigenvalue weighted by molar-refractivity contribution is 5.77. The van der Waals surface area contributed by atoms with Crippen LogP contribution >= 0.6 is 0 Å². The molecule has 2 N–H and O–H groups in total. The lowest BCUT2D eigenvalue weighted by atomic mass is 10.1. The Bertz CT molecular complexity index is 641. The largest absolute Gasteiger partial charge is 0.481 e. The fourth-order valence-corrected chi connectivity index (χ4v) is 2.97. The number of likely N-dealkylation sites (N-methyl/N-ethyl adjacent to an activating group) is 1. The first kappa shape index (κ1) is 25.0. The van der Waals surface area contributed by atoms with Crippen LogP contribution in [-0.2, 0) is 20.9 Å². The van der Waals surface area contributed by atoms with Gasteiger partial charge in [-0.25, -0.2) is 8.78 Å². The van der Waals surface area contributed by atoms with Gasteiger partial charge in [-0.05, 0) is 45.1 Å². The zero-order valence-corrected chi connectivity index (χ0v) is 17.3. The van der Waals surface area contributed by atoms with Gasteiger partial charge >= 0.3 is 5.97 Å². The number of carbonyl (C=O) groups is 2. The third-order valence-corrected chi connectivity index (χ3v) is 4.33. The molecule has 1 rings (SSSR count). The summed E-state index contributed by atoms with van der Waals surface area (Å²) in [5.41, 5.74) is 0.214. The molecule has 164 valence electrons. The number of amides is 1. The molecule has 0 aliphatic rings. The van der Waals surface area contributed by atoms with E-state index in [0.29, 0.717) is 19.6 Å². The molecular weight excluding hydrogens is 382 g/mol. The number of carboxylic acids is 1. The Morgan fingerprint density at radius 2 is 1.83 bits per heavy atom. The molecule has 0 bridgehead atoms. The van der Waals surface area contributed by atoms with Crippen LogP contribution in [0.2, 0.25) is 0 Å². The monoisotopic (exact) mass is 414 g/mol. The van der Waals surface area contributed by atoms with Crippen LogP contribution in [0, 0.1) is 11.6 Å². The van der Waals surface area contributed by atoms with Crippen LogP contribution in [0.5, 0.6) is 0 Å². The van der Waals surface area contributed by atoms with E-state index in [1.54, 1.807) is 0 Å². The van der Waals surface area contributed by atoms with E-state index < -0.39 is 23.6 Å². The SMILES string of the molecule is CN(C)CC(CC(=O)O)NC(=O)CCCCCCCOCc1cc(F)ccc1F. The average molecular weight is 414 g/mol. The van der Waals surface area contributed by atoms with Gasteiger partial charge in [0.25, 0.3) is 0 Å². The van der Waals surface area contributed by atoms with Gasteiger partial charge < -0.3 is 20.1 Å². The van der Waals surface area contributed by atoms with Crippen LogP contribution in [0.15, 0.2) is 18.2 Å². The summed E-state index contributed by atoms with van der Waals surface area (Å²) >= 11 is 0. The maximum Gasteiger partial charge on any atom is 0.305 e. The molecule has 0 radical (unpaired) electrons. The highest BCUT2D eigenvalue weighted by Gasteiger charge is 2.16. The lowest BCUT2D eigenvalue weighted by Gasteiger charge is -2.20. The fourth-order valence-electron chi connectivity index (χ4n) is 2.97. The van der Waals surface area contributed by atoms with Crippen molar-refractivity contribution in [2.75, 3.05) is 27.2 Å². The Balaban J connectivity index is 2.07. The van der Waals surface area contributed by atoms with Gasteiger partial charge in [-0.1, -0.05) is 19.3 Å². The van der Waals surface area contributed by atoms with Crippen LogP contribution < -0.4 is 5.32 Å². The van der Waals surface area contributed by atoms with E-state index in [0.717, 1.165) is 50.3 Å². The predicted octanol–water partition coefficient (Wildman–Crippen LogP) is 3.34. The van der Waals surface area contributed by atoms with Crippen LogP contribution in [0.4, 0.5) is 8.78 Å². The van der Waals surface area contributed by atoms with Crippen LogP contribution in [0.3, 0.4) is 0 Å². The number of nitrogens with zero attached hydrogens (tertiary/aromatic N) is 1. The maximum absolute atomic E-state index is 13.4. The number of benzene rings is 1. The Morgan fingerprint density at radius 1 is 1.14 bits per heavy atom. The second-order valence-corrected chi connectivity index (χ2v) is 7.43. The van der Waals surface area contributed by atoms with Crippen molar-refractivity contribution in [2.24, 2.45) is 0 Å². The molecule has 1 aromatic rings. The molecule has 0 saturated carbocycles. The van der Waals surface area contributed by atoms with E-state index >= 15 is 0 Å². The van der Waals surface area contributed by atoms with Crippen LogP contribution in [0.25, 0.3) is 0 Å². The van der Waals surface area contributed by atoms with Gasteiger partial charge in [-0.15, -0.1) is 0 Å². The van der Waals surface area contributed by atoms with Gasteiger partial charge in [0.15, 0.2) is 0 Å². The average Bonchev–Trinajstić information content (AvgIpc) is 2.61. The summed E-state index contributed by atoms with van der Waals surface area (Å²) in [5, 5.41) is 11.7. The van der Waals surface area contributed by atoms with Crippen molar-refractivity contribution in [1.82, 2.24) is 10.2 Å². The van der Waals surface area contributed by atoms with Crippen molar-refractivity contribution in [3.63, 3.8) is 0 Å². The smallest absolute Gasteiger partial charge is 0.305 e. The summed E-state index contributed by atoms with van der Waals surface area (Å²) in [5.74, 6) is -2.01. The number of hydrogen-bond acceptors (Lipinski definition) is 4. The van der Waals surface area contributed by atoms with E-state index in [1.165, 1.54) is 0 Å². The minimum absolute atomic E-state index is 0.0498. The fraction of sp³-hybridized carbons (Fsp3) is 0.619. The number of rotatable bonds is 15. The molecule has 0 spiro atoms. The molecule has 1 amide bonds. The number of unbranched alkanes of at least 4 members (excludes halogenated alkanes) is 4. The number of hydrogen-bond donors (Lipinski definition) is 2. The Kier molecular flexibility index (Phi) is 12.1. The summed E-state index contributed by atoms with van der Waals surface area (Å²) in [4.78, 5) is 24.7. The van der Waals surface area contributed by atoms with Gasteiger partial charge in [0, 0.05) is 25.1 Å². The molecule has 1 unspecified atom stereocenters. The minimum Gasteiger partial charge on any atom is -0.481 e. The van der Waals surface area contributed by atoms with Crippen molar-refractivity contribution in [2.45, 2.75) is 57.6 Å². The molecular formula is C21H32F2N2O4. The lowest BCUT2D eigenvalue weighted by molar-refractivity contribution is -0.137. The molecule has 1 aromatic carbocycles.